The van der Waals surface area contributed by atoms with Crippen molar-refractivity contribution in [3.63, 3.8) is 0 Å². The van der Waals surface area contributed by atoms with E-state index in [9.17, 15) is 4.79 Å². The SMILES string of the molecule is CCCNC(C(=O)OCC)c1cncn1CC. The molecule has 1 atom stereocenters. The first-order valence-electron chi connectivity index (χ1n) is 6.14. The van der Waals surface area contributed by atoms with Crippen molar-refractivity contribution in [2.45, 2.75) is 39.8 Å². The molecule has 1 N–H and O–H groups in total. The summed E-state index contributed by atoms with van der Waals surface area (Å²) in [5, 5.41) is 3.20. The molecule has 0 fully saturated rings. The molecule has 0 saturated carbocycles. The van der Waals surface area contributed by atoms with Crippen LogP contribution in [0.2, 0.25) is 0 Å². The highest BCUT2D eigenvalue weighted by Crippen LogP contribution is 2.14. The summed E-state index contributed by atoms with van der Waals surface area (Å²) in [4.78, 5) is 16.0. The molecule has 0 spiro atoms. The number of nitrogens with zero attached hydrogens (tertiary/aromatic N) is 2. The third kappa shape index (κ3) is 3.56. The molecule has 0 aliphatic rings. The second-order valence-corrected chi connectivity index (χ2v) is 3.74. The Morgan fingerprint density at radius 3 is 2.88 bits per heavy atom. The van der Waals surface area contributed by atoms with E-state index in [-0.39, 0.29) is 5.97 Å². The summed E-state index contributed by atoms with van der Waals surface area (Å²) in [6.07, 6.45) is 4.42. The lowest BCUT2D eigenvalue weighted by molar-refractivity contribution is -0.146. The third-order valence-corrected chi connectivity index (χ3v) is 2.50. The van der Waals surface area contributed by atoms with E-state index < -0.39 is 6.04 Å². The molecule has 0 amide bonds. The van der Waals surface area contributed by atoms with Gasteiger partial charge in [-0.3, -0.25) is 5.32 Å². The zero-order valence-corrected chi connectivity index (χ0v) is 10.8. The molecule has 5 nitrogen and oxygen atoms in total. The number of carbonyl (C=O) groups is 1. The van der Waals surface area contributed by atoms with Gasteiger partial charge in [-0.05, 0) is 26.8 Å². The van der Waals surface area contributed by atoms with Gasteiger partial charge in [0.2, 0.25) is 0 Å². The monoisotopic (exact) mass is 239 g/mol. The maximum Gasteiger partial charge on any atom is 0.329 e. The normalized spacial score (nSPS) is 12.4. The minimum atomic E-state index is -0.419. The van der Waals surface area contributed by atoms with Gasteiger partial charge < -0.3 is 9.30 Å². The smallest absolute Gasteiger partial charge is 0.329 e. The molecule has 0 bridgehead atoms. The fraction of sp³-hybridized carbons (Fsp3) is 0.667. The van der Waals surface area contributed by atoms with Crippen LogP contribution in [0.3, 0.4) is 0 Å². The standard InChI is InChI=1S/C12H21N3O2/c1-4-7-14-11(12(16)17-6-3)10-8-13-9-15(10)5-2/h8-9,11,14H,4-7H2,1-3H3. The number of hydrogen-bond acceptors (Lipinski definition) is 4. The van der Waals surface area contributed by atoms with Gasteiger partial charge in [0, 0.05) is 6.54 Å². The highest BCUT2D eigenvalue weighted by atomic mass is 16.5. The van der Waals surface area contributed by atoms with Crippen molar-refractivity contribution in [2.75, 3.05) is 13.2 Å². The van der Waals surface area contributed by atoms with Crippen molar-refractivity contribution in [3.05, 3.63) is 18.2 Å². The number of aromatic nitrogens is 2. The molecule has 1 heterocycles. The molecule has 17 heavy (non-hydrogen) atoms. The largest absolute Gasteiger partial charge is 0.465 e. The lowest BCUT2D eigenvalue weighted by Crippen LogP contribution is -2.32. The Balaban J connectivity index is 2.85. The highest BCUT2D eigenvalue weighted by molar-refractivity contribution is 5.77. The van der Waals surface area contributed by atoms with E-state index in [0.29, 0.717) is 6.61 Å². The lowest BCUT2D eigenvalue weighted by Gasteiger charge is -2.18. The summed E-state index contributed by atoms with van der Waals surface area (Å²) < 4.78 is 7.03. The number of aryl methyl sites for hydroxylation is 1. The van der Waals surface area contributed by atoms with E-state index in [1.165, 1.54) is 0 Å². The zero-order chi connectivity index (χ0) is 12.7. The van der Waals surface area contributed by atoms with Crippen LogP contribution in [0.15, 0.2) is 12.5 Å². The highest BCUT2D eigenvalue weighted by Gasteiger charge is 2.24. The number of nitrogens with one attached hydrogen (secondary N) is 1. The van der Waals surface area contributed by atoms with Gasteiger partial charge in [-0.1, -0.05) is 6.92 Å². The van der Waals surface area contributed by atoms with Crippen molar-refractivity contribution < 1.29 is 9.53 Å². The van der Waals surface area contributed by atoms with Crippen molar-refractivity contribution in [1.82, 2.24) is 14.9 Å². The molecule has 1 aromatic rings. The molecule has 1 aromatic heterocycles. The number of hydrogen-bond donors (Lipinski definition) is 1. The predicted octanol–water partition coefficient (Wildman–Crippen LogP) is 1.51. The van der Waals surface area contributed by atoms with Gasteiger partial charge in [0.15, 0.2) is 0 Å². The van der Waals surface area contributed by atoms with E-state index >= 15 is 0 Å². The minimum absolute atomic E-state index is 0.240. The Hall–Kier alpha value is -1.36. The molecule has 5 heteroatoms. The Morgan fingerprint density at radius 1 is 1.53 bits per heavy atom. The Labute approximate surface area is 102 Å². The van der Waals surface area contributed by atoms with Gasteiger partial charge in [-0.15, -0.1) is 0 Å². The average Bonchev–Trinajstić information content (AvgIpc) is 2.78. The fourth-order valence-electron chi connectivity index (χ4n) is 1.66. The first-order valence-corrected chi connectivity index (χ1v) is 6.14. The maximum absolute atomic E-state index is 11.9. The number of ether oxygens (including phenoxy) is 1. The van der Waals surface area contributed by atoms with Crippen LogP contribution in [0.25, 0.3) is 0 Å². The molecule has 0 aliphatic carbocycles. The zero-order valence-electron chi connectivity index (χ0n) is 10.8. The van der Waals surface area contributed by atoms with Gasteiger partial charge in [0.1, 0.15) is 6.04 Å². The van der Waals surface area contributed by atoms with Gasteiger partial charge in [0.25, 0.3) is 0 Å². The first-order chi connectivity index (χ1) is 8.24. The maximum atomic E-state index is 11.9. The molecule has 0 radical (unpaired) electrons. The van der Waals surface area contributed by atoms with Crippen molar-refractivity contribution >= 4 is 5.97 Å². The summed E-state index contributed by atoms with van der Waals surface area (Å²) in [5.41, 5.74) is 0.861. The number of carbonyl (C=O) groups excluding carboxylic acids is 1. The van der Waals surface area contributed by atoms with Gasteiger partial charge >= 0.3 is 5.97 Å². The quantitative estimate of drug-likeness (QED) is 0.733. The molecular formula is C12H21N3O2. The van der Waals surface area contributed by atoms with E-state index in [1.54, 1.807) is 12.5 Å². The lowest BCUT2D eigenvalue weighted by atomic mass is 10.2. The van der Waals surface area contributed by atoms with Crippen LogP contribution in [0, 0.1) is 0 Å². The molecule has 1 rings (SSSR count). The van der Waals surface area contributed by atoms with E-state index in [4.69, 9.17) is 4.74 Å². The van der Waals surface area contributed by atoms with E-state index in [1.807, 2.05) is 18.4 Å². The van der Waals surface area contributed by atoms with Crippen molar-refractivity contribution in [2.24, 2.45) is 0 Å². The van der Waals surface area contributed by atoms with Crippen LogP contribution in [0.4, 0.5) is 0 Å². The van der Waals surface area contributed by atoms with Gasteiger partial charge in [0.05, 0.1) is 24.8 Å². The minimum Gasteiger partial charge on any atom is -0.465 e. The van der Waals surface area contributed by atoms with Crippen LogP contribution in [0.5, 0.6) is 0 Å². The van der Waals surface area contributed by atoms with Crippen LogP contribution in [0.1, 0.15) is 38.9 Å². The summed E-state index contributed by atoms with van der Waals surface area (Å²) in [6.45, 7) is 7.85. The van der Waals surface area contributed by atoms with Gasteiger partial charge in [-0.25, -0.2) is 9.78 Å². The second-order valence-electron chi connectivity index (χ2n) is 3.74. The van der Waals surface area contributed by atoms with Crippen LogP contribution >= 0.6 is 0 Å². The second kappa shape index (κ2) is 7.06. The Kier molecular flexibility index (Phi) is 5.69. The van der Waals surface area contributed by atoms with E-state index in [0.717, 1.165) is 25.2 Å². The van der Waals surface area contributed by atoms with Crippen LogP contribution < -0.4 is 5.32 Å². The summed E-state index contributed by atoms with van der Waals surface area (Å²) in [6, 6.07) is -0.419. The molecule has 0 aromatic carbocycles. The van der Waals surface area contributed by atoms with Crippen LogP contribution in [-0.4, -0.2) is 28.7 Å². The number of esters is 1. The van der Waals surface area contributed by atoms with Crippen molar-refractivity contribution in [1.29, 1.82) is 0 Å². The molecule has 0 saturated heterocycles. The topological polar surface area (TPSA) is 56.1 Å². The van der Waals surface area contributed by atoms with Crippen LogP contribution in [-0.2, 0) is 16.1 Å². The summed E-state index contributed by atoms with van der Waals surface area (Å²) in [5.74, 6) is -0.240. The summed E-state index contributed by atoms with van der Waals surface area (Å²) >= 11 is 0. The molecule has 0 aliphatic heterocycles. The average molecular weight is 239 g/mol. The molecule has 1 unspecified atom stereocenters. The number of rotatable bonds is 7. The molecular weight excluding hydrogens is 218 g/mol. The number of imidazole rings is 1. The van der Waals surface area contributed by atoms with Crippen molar-refractivity contribution in [3.8, 4) is 0 Å². The summed E-state index contributed by atoms with van der Waals surface area (Å²) in [7, 11) is 0. The Bertz CT molecular complexity index is 349. The fourth-order valence-corrected chi connectivity index (χ4v) is 1.66. The van der Waals surface area contributed by atoms with Gasteiger partial charge in [-0.2, -0.15) is 0 Å². The first kappa shape index (κ1) is 13.7. The predicted molar refractivity (Wildman–Crippen MR) is 65.6 cm³/mol. The Morgan fingerprint density at radius 2 is 2.29 bits per heavy atom. The third-order valence-electron chi connectivity index (χ3n) is 2.50. The molecule has 96 valence electrons. The van der Waals surface area contributed by atoms with E-state index in [2.05, 4.69) is 17.2 Å².